The zero-order valence-electron chi connectivity index (χ0n) is 18.5. The van der Waals surface area contributed by atoms with Crippen LogP contribution in [0.2, 0.25) is 0 Å². The molecule has 0 aliphatic rings. The van der Waals surface area contributed by atoms with Crippen LogP contribution in [0.3, 0.4) is 0 Å². The Bertz CT molecular complexity index is 1220. The Hall–Kier alpha value is -4.26. The molecule has 1 heterocycles. The molecular weight excluding hydrogens is 418 g/mol. The van der Waals surface area contributed by atoms with Gasteiger partial charge in [-0.3, -0.25) is 4.79 Å². The van der Waals surface area contributed by atoms with E-state index in [2.05, 4.69) is 5.32 Å². The average molecular weight is 444 g/mol. The van der Waals surface area contributed by atoms with Crippen LogP contribution >= 0.6 is 0 Å². The van der Waals surface area contributed by atoms with E-state index in [-0.39, 0.29) is 5.91 Å². The second-order valence-electron chi connectivity index (χ2n) is 7.13. The average Bonchev–Trinajstić information content (AvgIpc) is 3.33. The second kappa shape index (κ2) is 10.4. The predicted molar refractivity (Wildman–Crippen MR) is 126 cm³/mol. The number of rotatable bonds is 9. The van der Waals surface area contributed by atoms with Gasteiger partial charge in [0.25, 0.3) is 5.91 Å². The van der Waals surface area contributed by atoms with Crippen LogP contribution in [0.15, 0.2) is 85.1 Å². The van der Waals surface area contributed by atoms with Gasteiger partial charge < -0.3 is 19.5 Å². The molecule has 0 saturated carbocycles. The van der Waals surface area contributed by atoms with E-state index in [0.717, 1.165) is 11.3 Å². The third kappa shape index (κ3) is 4.98. The monoisotopic (exact) mass is 443 g/mol. The third-order valence-electron chi connectivity index (χ3n) is 5.06. The van der Waals surface area contributed by atoms with Gasteiger partial charge in [-0.25, -0.2) is 4.68 Å². The van der Waals surface area contributed by atoms with Gasteiger partial charge in [-0.1, -0.05) is 42.5 Å². The number of nitrogens with zero attached hydrogens (tertiary/aromatic N) is 2. The number of carbonyl (C=O) groups excluding carboxylic acids is 1. The summed E-state index contributed by atoms with van der Waals surface area (Å²) >= 11 is 0. The zero-order chi connectivity index (χ0) is 23.0. The molecule has 7 nitrogen and oxygen atoms in total. The molecule has 0 atom stereocenters. The van der Waals surface area contributed by atoms with E-state index in [1.807, 2.05) is 78.9 Å². The summed E-state index contributed by atoms with van der Waals surface area (Å²) < 4.78 is 18.3. The molecule has 33 heavy (non-hydrogen) atoms. The molecular formula is C26H25N3O4. The van der Waals surface area contributed by atoms with Gasteiger partial charge in [0.15, 0.2) is 11.5 Å². The molecule has 0 unspecified atom stereocenters. The minimum Gasteiger partial charge on any atom is -0.496 e. The number of ether oxygens (including phenoxy) is 3. The highest BCUT2D eigenvalue weighted by atomic mass is 16.5. The van der Waals surface area contributed by atoms with Gasteiger partial charge in [-0.2, -0.15) is 5.10 Å². The van der Waals surface area contributed by atoms with E-state index in [4.69, 9.17) is 19.3 Å². The maximum atomic E-state index is 13.1. The van der Waals surface area contributed by atoms with Crippen molar-refractivity contribution in [3.8, 4) is 34.2 Å². The first kappa shape index (κ1) is 22.0. The molecule has 3 aromatic carbocycles. The Balaban J connectivity index is 1.55. The largest absolute Gasteiger partial charge is 0.496 e. The highest BCUT2D eigenvalue weighted by molar-refractivity contribution is 6.00. The molecule has 0 aliphatic heterocycles. The molecule has 4 aromatic rings. The lowest BCUT2D eigenvalue weighted by molar-refractivity contribution is 0.0947. The third-order valence-corrected chi connectivity index (χ3v) is 5.06. The van der Waals surface area contributed by atoms with E-state index < -0.39 is 0 Å². The Morgan fingerprint density at radius 1 is 0.848 bits per heavy atom. The number of para-hydroxylation sites is 4. The van der Waals surface area contributed by atoms with Crippen molar-refractivity contribution < 1.29 is 19.0 Å². The summed E-state index contributed by atoms with van der Waals surface area (Å²) in [5.74, 6) is 1.67. The number of methoxy groups -OCH3 is 2. The standard InChI is InChI=1S/C26H25N3O4/c1-31-22-13-7-6-12-20(22)25-21(18-29(28-25)19-10-4-3-5-11-19)26(30)27-16-17-33-24-15-9-8-14-23(24)32-2/h3-15,18H,16-17H2,1-2H3,(H,27,30). The van der Waals surface area contributed by atoms with Gasteiger partial charge >= 0.3 is 0 Å². The van der Waals surface area contributed by atoms with Crippen LogP contribution in [-0.2, 0) is 0 Å². The van der Waals surface area contributed by atoms with Gasteiger partial charge in [0, 0.05) is 11.8 Å². The normalized spacial score (nSPS) is 10.5. The molecule has 1 amide bonds. The highest BCUT2D eigenvalue weighted by Crippen LogP contribution is 2.31. The Labute approximate surface area is 192 Å². The molecule has 1 aromatic heterocycles. The molecule has 0 fully saturated rings. The summed E-state index contributed by atoms with van der Waals surface area (Å²) in [7, 11) is 3.19. The van der Waals surface area contributed by atoms with E-state index >= 15 is 0 Å². The molecule has 0 aliphatic carbocycles. The number of hydrogen-bond acceptors (Lipinski definition) is 5. The van der Waals surface area contributed by atoms with Crippen LogP contribution in [-0.4, -0.2) is 43.1 Å². The summed E-state index contributed by atoms with van der Waals surface area (Å²) in [6.45, 7) is 0.613. The van der Waals surface area contributed by atoms with E-state index in [1.165, 1.54) is 0 Å². The van der Waals surface area contributed by atoms with Crippen LogP contribution < -0.4 is 19.5 Å². The fourth-order valence-corrected chi connectivity index (χ4v) is 3.45. The van der Waals surface area contributed by atoms with Crippen LogP contribution in [0.1, 0.15) is 10.4 Å². The lowest BCUT2D eigenvalue weighted by Crippen LogP contribution is -2.28. The lowest BCUT2D eigenvalue weighted by Gasteiger charge is -2.11. The topological polar surface area (TPSA) is 74.6 Å². The first-order valence-electron chi connectivity index (χ1n) is 10.5. The molecule has 0 radical (unpaired) electrons. The van der Waals surface area contributed by atoms with Crippen LogP contribution in [0, 0.1) is 0 Å². The van der Waals surface area contributed by atoms with Crippen molar-refractivity contribution in [1.82, 2.24) is 15.1 Å². The van der Waals surface area contributed by atoms with Gasteiger partial charge in [0.1, 0.15) is 18.1 Å². The molecule has 0 saturated heterocycles. The van der Waals surface area contributed by atoms with Crippen molar-refractivity contribution >= 4 is 5.91 Å². The van der Waals surface area contributed by atoms with Crippen LogP contribution in [0.25, 0.3) is 16.9 Å². The first-order valence-corrected chi connectivity index (χ1v) is 10.5. The minimum absolute atomic E-state index is 0.248. The molecule has 1 N–H and O–H groups in total. The predicted octanol–water partition coefficient (Wildman–Crippen LogP) is 4.37. The van der Waals surface area contributed by atoms with E-state index in [1.54, 1.807) is 25.1 Å². The quantitative estimate of drug-likeness (QED) is 0.389. The van der Waals surface area contributed by atoms with Crippen molar-refractivity contribution in [2.24, 2.45) is 0 Å². The van der Waals surface area contributed by atoms with Crippen molar-refractivity contribution in [3.05, 3.63) is 90.6 Å². The van der Waals surface area contributed by atoms with Crippen molar-refractivity contribution in [2.75, 3.05) is 27.4 Å². The molecule has 168 valence electrons. The van der Waals surface area contributed by atoms with Gasteiger partial charge in [0.05, 0.1) is 32.0 Å². The number of hydrogen-bond donors (Lipinski definition) is 1. The number of amides is 1. The maximum Gasteiger partial charge on any atom is 0.255 e. The van der Waals surface area contributed by atoms with Gasteiger partial charge in [-0.15, -0.1) is 0 Å². The number of benzene rings is 3. The van der Waals surface area contributed by atoms with E-state index in [0.29, 0.717) is 41.7 Å². The summed E-state index contributed by atoms with van der Waals surface area (Å²) in [5.41, 5.74) is 2.58. The summed E-state index contributed by atoms with van der Waals surface area (Å²) in [5, 5.41) is 7.63. The second-order valence-corrected chi connectivity index (χ2v) is 7.13. The molecule has 7 heteroatoms. The van der Waals surface area contributed by atoms with Crippen LogP contribution in [0.5, 0.6) is 17.2 Å². The number of carbonyl (C=O) groups is 1. The highest BCUT2D eigenvalue weighted by Gasteiger charge is 2.21. The van der Waals surface area contributed by atoms with Crippen molar-refractivity contribution in [3.63, 3.8) is 0 Å². The summed E-state index contributed by atoms with van der Waals surface area (Å²) in [6.07, 6.45) is 1.73. The maximum absolute atomic E-state index is 13.1. The number of aromatic nitrogens is 2. The Morgan fingerprint density at radius 2 is 1.48 bits per heavy atom. The Morgan fingerprint density at radius 3 is 2.21 bits per heavy atom. The zero-order valence-corrected chi connectivity index (χ0v) is 18.5. The SMILES string of the molecule is COc1ccccc1OCCNC(=O)c1cn(-c2ccccc2)nc1-c1ccccc1OC. The van der Waals surface area contributed by atoms with Gasteiger partial charge in [-0.05, 0) is 36.4 Å². The summed E-state index contributed by atoms with van der Waals surface area (Å²) in [4.78, 5) is 13.1. The van der Waals surface area contributed by atoms with Crippen molar-refractivity contribution in [1.29, 1.82) is 0 Å². The lowest BCUT2D eigenvalue weighted by atomic mass is 10.1. The molecule has 0 spiro atoms. The number of nitrogens with one attached hydrogen (secondary N) is 1. The van der Waals surface area contributed by atoms with Crippen molar-refractivity contribution in [2.45, 2.75) is 0 Å². The Kier molecular flexibility index (Phi) is 6.90. The molecule has 0 bridgehead atoms. The smallest absolute Gasteiger partial charge is 0.255 e. The van der Waals surface area contributed by atoms with E-state index in [9.17, 15) is 4.79 Å². The van der Waals surface area contributed by atoms with Crippen LogP contribution in [0.4, 0.5) is 0 Å². The molecule has 4 rings (SSSR count). The van der Waals surface area contributed by atoms with Gasteiger partial charge in [0.2, 0.25) is 0 Å². The first-order chi connectivity index (χ1) is 16.2. The fraction of sp³-hybridized carbons (Fsp3) is 0.154. The fourth-order valence-electron chi connectivity index (χ4n) is 3.45. The summed E-state index contributed by atoms with van der Waals surface area (Å²) in [6, 6.07) is 24.5. The minimum atomic E-state index is -0.248.